The van der Waals surface area contributed by atoms with Gasteiger partial charge in [0.2, 0.25) is 0 Å². The lowest BCUT2D eigenvalue weighted by atomic mass is 9.79. The van der Waals surface area contributed by atoms with E-state index in [1.807, 2.05) is 0 Å². The summed E-state index contributed by atoms with van der Waals surface area (Å²) < 4.78 is 0. The van der Waals surface area contributed by atoms with Crippen molar-refractivity contribution >= 4 is 24.8 Å². The molecule has 2 aliphatic rings. The number of halogens is 2. The van der Waals surface area contributed by atoms with Crippen molar-refractivity contribution in [2.75, 3.05) is 39.3 Å². The van der Waals surface area contributed by atoms with Crippen molar-refractivity contribution in [2.24, 2.45) is 5.92 Å². The quantitative estimate of drug-likeness (QED) is 0.593. The van der Waals surface area contributed by atoms with Gasteiger partial charge in [-0.15, -0.1) is 24.8 Å². The van der Waals surface area contributed by atoms with E-state index in [1.165, 1.54) is 57.7 Å². The molecule has 1 heterocycles. The Morgan fingerprint density at radius 1 is 0.900 bits per heavy atom. The van der Waals surface area contributed by atoms with Crippen molar-refractivity contribution in [1.29, 1.82) is 0 Å². The maximum atomic E-state index is 2.74. The number of rotatable bonds is 7. The predicted molar refractivity (Wildman–Crippen MR) is 133 cm³/mol. The number of fused-ring (bicyclic) bond motifs is 3. The lowest BCUT2D eigenvalue weighted by Crippen LogP contribution is -2.40. The highest BCUT2D eigenvalue weighted by atomic mass is 35.5. The Hall–Kier alpha value is -1.10. The summed E-state index contributed by atoms with van der Waals surface area (Å²) in [5.74, 6) is 2.04. The molecule has 1 aliphatic carbocycles. The van der Waals surface area contributed by atoms with Gasteiger partial charge in [0.15, 0.2) is 0 Å². The van der Waals surface area contributed by atoms with Crippen LogP contribution < -0.4 is 0 Å². The first-order valence-corrected chi connectivity index (χ1v) is 10.9. The van der Waals surface area contributed by atoms with Gasteiger partial charge in [-0.05, 0) is 74.1 Å². The number of piperidine rings is 1. The highest BCUT2D eigenvalue weighted by Gasteiger charge is 2.43. The summed E-state index contributed by atoms with van der Waals surface area (Å²) >= 11 is 0. The van der Waals surface area contributed by atoms with Crippen molar-refractivity contribution in [1.82, 2.24) is 9.80 Å². The fourth-order valence-electron chi connectivity index (χ4n) is 5.49. The van der Waals surface area contributed by atoms with E-state index in [1.54, 1.807) is 11.1 Å². The Morgan fingerprint density at radius 3 is 2.20 bits per heavy atom. The van der Waals surface area contributed by atoms with E-state index < -0.39 is 0 Å². The fraction of sp³-hybridized carbons (Fsp3) is 0.520. The van der Waals surface area contributed by atoms with Gasteiger partial charge in [0.1, 0.15) is 0 Å². The molecule has 1 fully saturated rings. The van der Waals surface area contributed by atoms with Crippen LogP contribution in [0.25, 0.3) is 0 Å². The highest BCUT2D eigenvalue weighted by molar-refractivity contribution is 5.85. The smallest absolute Gasteiger partial charge is 0.0138 e. The molecule has 0 bridgehead atoms. The third-order valence-corrected chi connectivity index (χ3v) is 6.90. The van der Waals surface area contributed by atoms with Gasteiger partial charge in [-0.3, -0.25) is 0 Å². The molecule has 2 aromatic rings. The zero-order valence-electron chi connectivity index (χ0n) is 18.3. The largest absolute Gasteiger partial charge is 0.412 e. The van der Waals surface area contributed by atoms with E-state index in [2.05, 4.69) is 78.2 Å². The molecule has 0 saturated carbocycles. The minimum absolute atomic E-state index is 0. The van der Waals surface area contributed by atoms with Crippen LogP contribution >= 0.6 is 24.8 Å². The van der Waals surface area contributed by atoms with Crippen LogP contribution in [0.4, 0.5) is 0 Å². The van der Waals surface area contributed by atoms with Gasteiger partial charge < -0.3 is 15.3 Å². The van der Waals surface area contributed by atoms with Gasteiger partial charge in [0, 0.05) is 12.5 Å². The summed E-state index contributed by atoms with van der Waals surface area (Å²) in [6.45, 7) is 11.9. The van der Waals surface area contributed by atoms with Crippen LogP contribution in [0.15, 0.2) is 54.6 Å². The van der Waals surface area contributed by atoms with E-state index in [0.29, 0.717) is 5.92 Å². The van der Waals surface area contributed by atoms with E-state index in [4.69, 9.17) is 0 Å². The van der Waals surface area contributed by atoms with E-state index in [-0.39, 0.29) is 30.3 Å². The van der Waals surface area contributed by atoms with Gasteiger partial charge >= 0.3 is 0 Å². The number of likely N-dealkylation sites (tertiary alicyclic amines) is 1. The van der Waals surface area contributed by atoms with Gasteiger partial charge in [0.25, 0.3) is 0 Å². The molecular formula is C25H38Cl2N2O. The second kappa shape index (κ2) is 12.7. The topological polar surface area (TPSA) is 38.0 Å². The molecule has 1 unspecified atom stereocenters. The van der Waals surface area contributed by atoms with E-state index in [0.717, 1.165) is 11.8 Å². The Labute approximate surface area is 195 Å². The van der Waals surface area contributed by atoms with Gasteiger partial charge in [-0.1, -0.05) is 68.4 Å². The summed E-state index contributed by atoms with van der Waals surface area (Å²) in [6.07, 6.45) is 2.61. The molecule has 1 saturated heterocycles. The fourth-order valence-corrected chi connectivity index (χ4v) is 5.49. The SMILES string of the molecule is CCN(CC)CCCN1CC[C@H]2c3ccccc3C(c3ccccc3)[C@H]2C1.Cl.Cl.O. The van der Waals surface area contributed by atoms with Gasteiger partial charge in [0.05, 0.1) is 0 Å². The first-order valence-electron chi connectivity index (χ1n) is 10.9. The summed E-state index contributed by atoms with van der Waals surface area (Å²) in [5, 5.41) is 0. The molecule has 1 aliphatic heterocycles. The van der Waals surface area contributed by atoms with Crippen molar-refractivity contribution in [3.05, 3.63) is 71.3 Å². The van der Waals surface area contributed by atoms with E-state index >= 15 is 0 Å². The second-order valence-electron chi connectivity index (χ2n) is 8.26. The van der Waals surface area contributed by atoms with Crippen molar-refractivity contribution in [2.45, 2.75) is 38.5 Å². The molecular weight excluding hydrogens is 415 g/mol. The monoisotopic (exact) mass is 452 g/mol. The second-order valence-corrected chi connectivity index (χ2v) is 8.26. The van der Waals surface area contributed by atoms with E-state index in [9.17, 15) is 0 Å². The molecule has 3 atom stereocenters. The third-order valence-electron chi connectivity index (χ3n) is 6.90. The standard InChI is InChI=1S/C25H34N2.2ClH.H2O/c1-3-26(4-2)16-10-17-27-18-15-22-21-13-8-9-14-23(21)25(24(22)19-27)20-11-6-5-7-12-20;;;/h5-9,11-14,22,24-25H,3-4,10,15-19H2,1-2H3;2*1H;1H2/t22-,24-,25?;;;/m0.../s1. The number of benzene rings is 2. The van der Waals surface area contributed by atoms with Crippen molar-refractivity contribution < 1.29 is 5.48 Å². The van der Waals surface area contributed by atoms with Crippen LogP contribution in [0.2, 0.25) is 0 Å². The van der Waals surface area contributed by atoms with Crippen LogP contribution in [0.3, 0.4) is 0 Å². The lowest BCUT2D eigenvalue weighted by Gasteiger charge is -2.38. The minimum Gasteiger partial charge on any atom is -0.412 e. The molecule has 5 heteroatoms. The molecule has 0 aromatic heterocycles. The third kappa shape index (κ3) is 5.57. The van der Waals surface area contributed by atoms with Crippen LogP contribution in [-0.2, 0) is 0 Å². The van der Waals surface area contributed by atoms with Gasteiger partial charge in [-0.25, -0.2) is 0 Å². The highest BCUT2D eigenvalue weighted by Crippen LogP contribution is 2.52. The Bertz CT molecular complexity index is 739. The molecule has 168 valence electrons. The molecule has 0 amide bonds. The molecule has 3 nitrogen and oxygen atoms in total. The van der Waals surface area contributed by atoms with Crippen molar-refractivity contribution in [3.63, 3.8) is 0 Å². The molecule has 2 aromatic carbocycles. The zero-order chi connectivity index (χ0) is 18.6. The number of hydrogen-bond donors (Lipinski definition) is 0. The maximum absolute atomic E-state index is 2.74. The first kappa shape index (κ1) is 26.9. The zero-order valence-corrected chi connectivity index (χ0v) is 19.9. The summed E-state index contributed by atoms with van der Waals surface area (Å²) in [4.78, 5) is 5.29. The summed E-state index contributed by atoms with van der Waals surface area (Å²) in [5.41, 5.74) is 4.71. The number of hydrogen-bond acceptors (Lipinski definition) is 2. The Kier molecular flexibility index (Phi) is 11.4. The van der Waals surface area contributed by atoms with Crippen molar-refractivity contribution in [3.8, 4) is 0 Å². The number of nitrogens with zero attached hydrogens (tertiary/aromatic N) is 2. The van der Waals surface area contributed by atoms with Gasteiger partial charge in [-0.2, -0.15) is 0 Å². The molecule has 0 radical (unpaired) electrons. The molecule has 30 heavy (non-hydrogen) atoms. The summed E-state index contributed by atoms with van der Waals surface area (Å²) in [6, 6.07) is 20.5. The maximum Gasteiger partial charge on any atom is 0.0138 e. The van der Waals surface area contributed by atoms with Crippen LogP contribution in [0.5, 0.6) is 0 Å². The Morgan fingerprint density at radius 2 is 1.53 bits per heavy atom. The average molecular weight is 453 g/mol. The van der Waals surface area contributed by atoms with Crippen LogP contribution in [0.1, 0.15) is 55.2 Å². The minimum atomic E-state index is 0. The van der Waals surface area contributed by atoms with Crippen LogP contribution in [0, 0.1) is 5.92 Å². The van der Waals surface area contributed by atoms with Crippen LogP contribution in [-0.4, -0.2) is 54.5 Å². The molecule has 0 spiro atoms. The molecule has 2 N–H and O–H groups in total. The predicted octanol–water partition coefficient (Wildman–Crippen LogP) is 4.99. The summed E-state index contributed by atoms with van der Waals surface area (Å²) in [7, 11) is 0. The molecule has 4 rings (SSSR count). The normalized spacial score (nSPS) is 22.3. The first-order chi connectivity index (χ1) is 13.3. The Balaban J connectivity index is 0.00000150. The average Bonchev–Trinajstić information content (AvgIpc) is 3.05. The lowest BCUT2D eigenvalue weighted by molar-refractivity contribution is 0.146.